The summed E-state index contributed by atoms with van der Waals surface area (Å²) in [5.41, 5.74) is 15.3. The smallest absolute Gasteiger partial charge is 0.320 e. The van der Waals surface area contributed by atoms with Gasteiger partial charge in [-0.05, 0) is 12.8 Å². The summed E-state index contributed by atoms with van der Waals surface area (Å²) in [5.74, 6) is -2.19. The number of rotatable bonds is 9. The number of aliphatic carboxylic acids is 2. The van der Waals surface area contributed by atoms with Gasteiger partial charge in [-0.3, -0.25) is 9.79 Å². The second-order valence-electron chi connectivity index (χ2n) is 6.10. The molecule has 0 aromatic rings. The number of hydrogen-bond donors (Lipinski definition) is 5. The summed E-state index contributed by atoms with van der Waals surface area (Å²) in [5, 5.41) is 27.5. The van der Waals surface area contributed by atoms with Crippen molar-refractivity contribution in [1.82, 2.24) is 0 Å². The standard InChI is InChI=1S/C7H15NO3.C6H14N4O2.ClH/c1-8(2,3)5-6(9)4-7(10)11;7-4(5(11)12)2-1-3-10-6(8)9;/h6,9H,4-5H2,1-3H3;4H,1-3,7H2,(H,11,12)(H4,8,9,10);1H. The molecule has 11 heteroatoms. The molecule has 0 aromatic heterocycles. The summed E-state index contributed by atoms with van der Waals surface area (Å²) in [6.45, 7) is 0.845. The molecule has 0 saturated heterocycles. The predicted octanol–water partition coefficient (Wildman–Crippen LogP) is -2.93. The van der Waals surface area contributed by atoms with Crippen molar-refractivity contribution in [2.24, 2.45) is 22.2 Å². The Kier molecular flexibility index (Phi) is 15.6. The van der Waals surface area contributed by atoms with Gasteiger partial charge in [0.2, 0.25) is 0 Å². The number of aliphatic hydroxyl groups is 1. The number of carbonyl (C=O) groups excluding carboxylic acids is 1. The summed E-state index contributed by atoms with van der Waals surface area (Å²) in [6.07, 6.45) is -0.132. The van der Waals surface area contributed by atoms with Gasteiger partial charge in [0, 0.05) is 18.9 Å². The van der Waals surface area contributed by atoms with Gasteiger partial charge in [0.25, 0.3) is 0 Å². The van der Waals surface area contributed by atoms with Crippen LogP contribution in [0.25, 0.3) is 0 Å². The Balaban J connectivity index is -0.000000354. The lowest BCUT2D eigenvalue weighted by atomic mass is 10.2. The Labute approximate surface area is 148 Å². The van der Waals surface area contributed by atoms with E-state index in [2.05, 4.69) is 4.99 Å². The van der Waals surface area contributed by atoms with Gasteiger partial charge < -0.3 is 41.8 Å². The maximum atomic E-state index is 10.2. The monoisotopic (exact) mass is 371 g/mol. The normalized spacial score (nSPS) is 12.7. The highest BCUT2D eigenvalue weighted by molar-refractivity contribution is 5.85. The van der Waals surface area contributed by atoms with Crippen molar-refractivity contribution in [3.63, 3.8) is 0 Å². The van der Waals surface area contributed by atoms with Gasteiger partial charge in [-0.2, -0.15) is 0 Å². The second kappa shape index (κ2) is 13.8. The molecule has 0 amide bonds. The van der Waals surface area contributed by atoms with Crippen LogP contribution in [0.4, 0.5) is 0 Å². The number of halogens is 1. The van der Waals surface area contributed by atoms with Crippen molar-refractivity contribution in [1.29, 1.82) is 0 Å². The fourth-order valence-electron chi connectivity index (χ4n) is 1.53. The lowest BCUT2D eigenvalue weighted by molar-refractivity contribution is -0.873. The Hall–Kier alpha value is -1.62. The van der Waals surface area contributed by atoms with Gasteiger partial charge in [-0.25, -0.2) is 0 Å². The highest BCUT2D eigenvalue weighted by Crippen LogP contribution is 1.97. The molecule has 0 bridgehead atoms. The van der Waals surface area contributed by atoms with Gasteiger partial charge in [0.1, 0.15) is 18.7 Å². The average Bonchev–Trinajstić information content (AvgIpc) is 2.31. The summed E-state index contributed by atoms with van der Waals surface area (Å²) in [4.78, 5) is 23.9. The number of carboxylic acid groups (broad SMARTS) is 2. The molecule has 0 fully saturated rings. The minimum Gasteiger partial charge on any atom is -0.550 e. The predicted molar refractivity (Wildman–Crippen MR) is 91.3 cm³/mol. The van der Waals surface area contributed by atoms with Crippen LogP contribution in [0.1, 0.15) is 19.3 Å². The van der Waals surface area contributed by atoms with Gasteiger partial charge in [-0.15, -0.1) is 12.4 Å². The van der Waals surface area contributed by atoms with Crippen LogP contribution < -0.4 is 22.3 Å². The molecule has 0 aliphatic rings. The summed E-state index contributed by atoms with van der Waals surface area (Å²) in [6, 6.07) is -0.820. The van der Waals surface area contributed by atoms with E-state index in [1.54, 1.807) is 0 Å². The van der Waals surface area contributed by atoms with E-state index in [1.807, 2.05) is 21.1 Å². The molecule has 0 spiro atoms. The Morgan fingerprint density at radius 1 is 1.25 bits per heavy atom. The third kappa shape index (κ3) is 22.7. The van der Waals surface area contributed by atoms with Gasteiger partial charge in [0.05, 0.1) is 21.1 Å². The zero-order valence-electron chi connectivity index (χ0n) is 14.3. The third-order valence-corrected chi connectivity index (χ3v) is 2.45. The van der Waals surface area contributed by atoms with E-state index in [0.29, 0.717) is 30.4 Å². The maximum Gasteiger partial charge on any atom is 0.320 e. The van der Waals surface area contributed by atoms with E-state index in [9.17, 15) is 14.7 Å². The molecule has 144 valence electrons. The highest BCUT2D eigenvalue weighted by Gasteiger charge is 2.14. The number of carboxylic acids is 2. The quantitative estimate of drug-likeness (QED) is 0.123. The van der Waals surface area contributed by atoms with Crippen LogP contribution in [0.5, 0.6) is 0 Å². The Morgan fingerprint density at radius 3 is 2.08 bits per heavy atom. The number of quaternary nitrogens is 1. The van der Waals surface area contributed by atoms with Gasteiger partial charge in [0.15, 0.2) is 5.96 Å². The van der Waals surface area contributed by atoms with Gasteiger partial charge >= 0.3 is 5.97 Å². The molecule has 0 saturated carbocycles. The Bertz CT molecular complexity index is 397. The first kappa shape index (κ1) is 27.2. The number of hydrogen-bond acceptors (Lipinski definition) is 6. The minimum absolute atomic E-state index is 0. The molecule has 0 heterocycles. The van der Waals surface area contributed by atoms with Crippen molar-refractivity contribution in [3.05, 3.63) is 0 Å². The molecule has 0 aliphatic carbocycles. The van der Waals surface area contributed by atoms with E-state index >= 15 is 0 Å². The minimum atomic E-state index is -1.20. The van der Waals surface area contributed by atoms with Crippen LogP contribution in [-0.2, 0) is 9.59 Å². The molecule has 10 nitrogen and oxygen atoms in total. The molecular weight excluding hydrogens is 342 g/mol. The molecule has 2 atom stereocenters. The second-order valence-corrected chi connectivity index (χ2v) is 6.10. The number of aliphatic hydroxyl groups excluding tert-OH is 1. The number of nitrogens with two attached hydrogens (primary N) is 3. The average molecular weight is 372 g/mol. The van der Waals surface area contributed by atoms with E-state index in [4.69, 9.17) is 27.4 Å². The Morgan fingerprint density at radius 2 is 1.75 bits per heavy atom. The maximum absolute atomic E-state index is 10.2. The molecule has 0 aliphatic heterocycles. The first-order valence-corrected chi connectivity index (χ1v) is 7.07. The number of guanidine groups is 1. The van der Waals surface area contributed by atoms with E-state index in [0.717, 1.165) is 0 Å². The number of likely N-dealkylation sites (N-methyl/N-ethyl adjacent to an activating group) is 1. The van der Waals surface area contributed by atoms with Gasteiger partial charge in [-0.1, -0.05) is 0 Å². The molecule has 0 aromatic carbocycles. The van der Waals surface area contributed by atoms with Crippen LogP contribution in [-0.4, -0.2) is 79.0 Å². The van der Waals surface area contributed by atoms with Crippen LogP contribution in [0.2, 0.25) is 0 Å². The topological polar surface area (TPSA) is 188 Å². The van der Waals surface area contributed by atoms with Crippen molar-refractivity contribution < 1.29 is 29.4 Å². The molecule has 24 heavy (non-hydrogen) atoms. The van der Waals surface area contributed by atoms with E-state index < -0.39 is 24.1 Å². The SMILES string of the molecule is C[N+](C)(C)CC(O)CC(=O)[O-].Cl.NC(N)=NCCCC(N)C(=O)O. The van der Waals surface area contributed by atoms with E-state index in [1.165, 1.54) is 0 Å². The van der Waals surface area contributed by atoms with Crippen LogP contribution in [0.15, 0.2) is 4.99 Å². The first-order chi connectivity index (χ1) is 10.3. The summed E-state index contributed by atoms with van der Waals surface area (Å²) >= 11 is 0. The fourth-order valence-corrected chi connectivity index (χ4v) is 1.53. The molecule has 0 radical (unpaired) electrons. The molecule has 2 unspecified atom stereocenters. The zero-order chi connectivity index (χ0) is 18.6. The van der Waals surface area contributed by atoms with Crippen LogP contribution >= 0.6 is 12.4 Å². The zero-order valence-corrected chi connectivity index (χ0v) is 15.2. The van der Waals surface area contributed by atoms with Crippen LogP contribution in [0.3, 0.4) is 0 Å². The molecule has 8 N–H and O–H groups in total. The van der Waals surface area contributed by atoms with E-state index in [-0.39, 0.29) is 24.8 Å². The number of aliphatic imine (C=N–C) groups is 1. The van der Waals surface area contributed by atoms with Crippen molar-refractivity contribution in [2.45, 2.75) is 31.4 Å². The molecule has 0 rings (SSSR count). The van der Waals surface area contributed by atoms with Crippen molar-refractivity contribution in [3.8, 4) is 0 Å². The summed E-state index contributed by atoms with van der Waals surface area (Å²) < 4.78 is 0.550. The van der Waals surface area contributed by atoms with Crippen molar-refractivity contribution in [2.75, 3.05) is 34.2 Å². The number of nitrogens with zero attached hydrogens (tertiary/aromatic N) is 2. The third-order valence-electron chi connectivity index (χ3n) is 2.45. The highest BCUT2D eigenvalue weighted by atomic mass is 35.5. The lowest BCUT2D eigenvalue weighted by Gasteiger charge is -2.26. The van der Waals surface area contributed by atoms with Crippen molar-refractivity contribution >= 4 is 30.3 Å². The lowest BCUT2D eigenvalue weighted by Crippen LogP contribution is -2.43. The first-order valence-electron chi connectivity index (χ1n) is 7.07. The summed E-state index contributed by atoms with van der Waals surface area (Å²) in [7, 11) is 5.66. The fraction of sp³-hybridized carbons (Fsp3) is 0.769. The molecular formula is C13H30ClN5O5. The van der Waals surface area contributed by atoms with Crippen LogP contribution in [0, 0.1) is 0 Å². The largest absolute Gasteiger partial charge is 0.550 e. The number of carbonyl (C=O) groups is 2.